The first-order valence-corrected chi connectivity index (χ1v) is 7.45. The van der Waals surface area contributed by atoms with E-state index in [0.717, 1.165) is 5.56 Å². The summed E-state index contributed by atoms with van der Waals surface area (Å²) in [5, 5.41) is 0. The molecule has 1 aromatic rings. The Morgan fingerprint density at radius 3 is 2.65 bits per heavy atom. The molecule has 0 saturated heterocycles. The highest BCUT2D eigenvalue weighted by atomic mass is 31.2. The Bertz CT molecular complexity index is 395. The lowest BCUT2D eigenvalue weighted by atomic mass is 10.2. The van der Waals surface area contributed by atoms with Crippen molar-refractivity contribution in [1.82, 2.24) is 0 Å². The van der Waals surface area contributed by atoms with Gasteiger partial charge in [-0.15, -0.1) is 0 Å². The molecule has 0 bridgehead atoms. The van der Waals surface area contributed by atoms with Crippen LogP contribution in [0.25, 0.3) is 0 Å². The van der Waals surface area contributed by atoms with E-state index in [9.17, 15) is 8.96 Å². The molecule has 1 atom stereocenters. The largest absolute Gasteiger partial charge is 0.330 e. The zero-order valence-corrected chi connectivity index (χ0v) is 11.1. The molecular weight excluding hydrogens is 242 g/mol. The van der Waals surface area contributed by atoms with Crippen molar-refractivity contribution in [2.45, 2.75) is 20.3 Å². The molecular formula is C12H18FO3P. The van der Waals surface area contributed by atoms with Gasteiger partial charge in [0.05, 0.1) is 13.2 Å². The molecule has 0 N–H and O–H groups in total. The molecule has 17 heavy (non-hydrogen) atoms. The van der Waals surface area contributed by atoms with E-state index in [1.165, 1.54) is 12.1 Å². The van der Waals surface area contributed by atoms with Crippen molar-refractivity contribution in [3.05, 3.63) is 35.6 Å². The van der Waals surface area contributed by atoms with Crippen LogP contribution in [0.3, 0.4) is 0 Å². The van der Waals surface area contributed by atoms with Gasteiger partial charge in [-0.05, 0) is 31.0 Å². The summed E-state index contributed by atoms with van der Waals surface area (Å²) >= 11 is 0. The van der Waals surface area contributed by atoms with Crippen LogP contribution in [0.1, 0.15) is 19.4 Å². The van der Waals surface area contributed by atoms with Gasteiger partial charge < -0.3 is 9.05 Å². The second-order valence-corrected chi connectivity index (χ2v) is 5.93. The van der Waals surface area contributed by atoms with Crippen molar-refractivity contribution >= 4 is 7.60 Å². The molecule has 0 saturated carbocycles. The van der Waals surface area contributed by atoms with Crippen LogP contribution in [0, 0.1) is 5.82 Å². The Hall–Kier alpha value is -0.700. The quantitative estimate of drug-likeness (QED) is 0.702. The lowest BCUT2D eigenvalue weighted by Gasteiger charge is -2.15. The summed E-state index contributed by atoms with van der Waals surface area (Å²) in [6.07, 6.45) is 0.874. The van der Waals surface area contributed by atoms with Crippen LogP contribution in [0.5, 0.6) is 0 Å². The maximum absolute atomic E-state index is 12.9. The standard InChI is InChI=1S/C12H18FO3P/c1-3-15-17(14,4-2)16-9-8-11-6-5-7-12(13)10-11/h5-7,10H,3-4,8-9H2,1-2H3. The molecule has 0 heterocycles. The van der Waals surface area contributed by atoms with E-state index in [2.05, 4.69) is 0 Å². The maximum Gasteiger partial charge on any atom is 0.330 e. The fourth-order valence-electron chi connectivity index (χ4n) is 1.41. The Labute approximate surface area is 101 Å². The van der Waals surface area contributed by atoms with E-state index in [1.807, 2.05) is 6.07 Å². The minimum Gasteiger partial charge on any atom is -0.309 e. The van der Waals surface area contributed by atoms with Gasteiger partial charge in [-0.1, -0.05) is 19.1 Å². The SMILES string of the molecule is CCOP(=O)(CC)OCCc1cccc(F)c1. The third-order valence-electron chi connectivity index (χ3n) is 2.28. The van der Waals surface area contributed by atoms with Crippen molar-refractivity contribution in [2.24, 2.45) is 0 Å². The smallest absolute Gasteiger partial charge is 0.309 e. The van der Waals surface area contributed by atoms with Crippen LogP contribution in [0.4, 0.5) is 4.39 Å². The van der Waals surface area contributed by atoms with Crippen molar-refractivity contribution in [3.8, 4) is 0 Å². The van der Waals surface area contributed by atoms with E-state index < -0.39 is 7.60 Å². The van der Waals surface area contributed by atoms with Gasteiger partial charge in [0.1, 0.15) is 5.82 Å². The molecule has 0 aromatic heterocycles. The minimum atomic E-state index is -2.94. The van der Waals surface area contributed by atoms with Crippen LogP contribution in [-0.2, 0) is 20.0 Å². The molecule has 0 fully saturated rings. The highest BCUT2D eigenvalue weighted by Crippen LogP contribution is 2.47. The molecule has 0 spiro atoms. The summed E-state index contributed by atoms with van der Waals surface area (Å²) in [5.41, 5.74) is 0.823. The Morgan fingerprint density at radius 1 is 1.29 bits per heavy atom. The van der Waals surface area contributed by atoms with Gasteiger partial charge in [-0.25, -0.2) is 4.39 Å². The van der Waals surface area contributed by atoms with Gasteiger partial charge in [0.2, 0.25) is 0 Å². The van der Waals surface area contributed by atoms with E-state index in [4.69, 9.17) is 9.05 Å². The lowest BCUT2D eigenvalue weighted by Crippen LogP contribution is -2.02. The van der Waals surface area contributed by atoms with Gasteiger partial charge in [0, 0.05) is 6.16 Å². The van der Waals surface area contributed by atoms with Crippen molar-refractivity contribution in [2.75, 3.05) is 19.4 Å². The first-order valence-electron chi connectivity index (χ1n) is 5.72. The average molecular weight is 260 g/mol. The van der Waals surface area contributed by atoms with Crippen molar-refractivity contribution in [3.63, 3.8) is 0 Å². The second-order valence-electron chi connectivity index (χ2n) is 3.56. The van der Waals surface area contributed by atoms with Crippen LogP contribution >= 0.6 is 7.60 Å². The summed E-state index contributed by atoms with van der Waals surface area (Å²) in [6.45, 7) is 4.18. The molecule has 0 aliphatic rings. The van der Waals surface area contributed by atoms with Crippen molar-refractivity contribution in [1.29, 1.82) is 0 Å². The Balaban J connectivity index is 2.44. The van der Waals surface area contributed by atoms with E-state index in [-0.39, 0.29) is 12.4 Å². The fourth-order valence-corrected chi connectivity index (χ4v) is 2.61. The monoisotopic (exact) mass is 260 g/mol. The zero-order chi connectivity index (χ0) is 12.7. The van der Waals surface area contributed by atoms with E-state index >= 15 is 0 Å². The van der Waals surface area contributed by atoms with E-state index in [1.54, 1.807) is 19.9 Å². The van der Waals surface area contributed by atoms with Crippen LogP contribution in [0.15, 0.2) is 24.3 Å². The number of hydrogen-bond donors (Lipinski definition) is 0. The average Bonchev–Trinajstić information content (AvgIpc) is 2.29. The predicted molar refractivity (Wildman–Crippen MR) is 65.8 cm³/mol. The third kappa shape index (κ3) is 4.99. The van der Waals surface area contributed by atoms with E-state index in [0.29, 0.717) is 19.2 Å². The molecule has 0 amide bonds. The summed E-state index contributed by atoms with van der Waals surface area (Å²) in [4.78, 5) is 0. The third-order valence-corrected chi connectivity index (χ3v) is 4.28. The zero-order valence-electron chi connectivity index (χ0n) is 10.2. The number of hydrogen-bond acceptors (Lipinski definition) is 3. The summed E-state index contributed by atoms with van der Waals surface area (Å²) in [7, 11) is -2.94. The summed E-state index contributed by atoms with van der Waals surface area (Å²) in [6, 6.07) is 6.29. The highest BCUT2D eigenvalue weighted by Gasteiger charge is 2.20. The number of halogens is 1. The van der Waals surface area contributed by atoms with Crippen molar-refractivity contribution < 1.29 is 18.0 Å². The number of benzene rings is 1. The van der Waals surface area contributed by atoms with Gasteiger partial charge in [0.15, 0.2) is 0 Å². The topological polar surface area (TPSA) is 35.5 Å². The first-order chi connectivity index (χ1) is 8.09. The predicted octanol–water partition coefficient (Wildman–Crippen LogP) is 3.63. The van der Waals surface area contributed by atoms with Crippen LogP contribution < -0.4 is 0 Å². The van der Waals surface area contributed by atoms with Gasteiger partial charge >= 0.3 is 7.60 Å². The molecule has 3 nitrogen and oxygen atoms in total. The molecule has 0 aliphatic heterocycles. The lowest BCUT2D eigenvalue weighted by molar-refractivity contribution is 0.214. The molecule has 0 radical (unpaired) electrons. The van der Waals surface area contributed by atoms with Gasteiger partial charge in [-0.3, -0.25) is 4.57 Å². The summed E-state index contributed by atoms with van der Waals surface area (Å²) in [5.74, 6) is -0.272. The van der Waals surface area contributed by atoms with Gasteiger partial charge in [0.25, 0.3) is 0 Å². The first kappa shape index (κ1) is 14.4. The second kappa shape index (κ2) is 6.90. The van der Waals surface area contributed by atoms with Crippen LogP contribution in [-0.4, -0.2) is 19.4 Å². The minimum absolute atomic E-state index is 0.272. The Morgan fingerprint density at radius 2 is 2.06 bits per heavy atom. The molecule has 1 unspecified atom stereocenters. The number of rotatable bonds is 7. The molecule has 5 heteroatoms. The Kier molecular flexibility index (Phi) is 5.83. The fraction of sp³-hybridized carbons (Fsp3) is 0.500. The maximum atomic E-state index is 12.9. The summed E-state index contributed by atoms with van der Waals surface area (Å²) < 4.78 is 35.2. The molecule has 1 rings (SSSR count). The molecule has 96 valence electrons. The highest BCUT2D eigenvalue weighted by molar-refractivity contribution is 7.53. The molecule has 1 aromatic carbocycles. The normalized spacial score (nSPS) is 14.5. The molecule has 0 aliphatic carbocycles. The van der Waals surface area contributed by atoms with Crippen LogP contribution in [0.2, 0.25) is 0 Å². The van der Waals surface area contributed by atoms with Gasteiger partial charge in [-0.2, -0.15) is 0 Å².